The Labute approximate surface area is 157 Å². The summed E-state index contributed by atoms with van der Waals surface area (Å²) in [7, 11) is 0. The van der Waals surface area contributed by atoms with Crippen LogP contribution in [-0.2, 0) is 11.2 Å². The number of halogens is 1. The van der Waals surface area contributed by atoms with Gasteiger partial charge in [-0.1, -0.05) is 0 Å². The Morgan fingerprint density at radius 3 is 2.70 bits per heavy atom. The summed E-state index contributed by atoms with van der Waals surface area (Å²) >= 11 is 0. The predicted molar refractivity (Wildman–Crippen MR) is 98.2 cm³/mol. The minimum Gasteiger partial charge on any atom is -0.445 e. The maximum Gasteiger partial charge on any atom is 0.404 e. The molecule has 0 saturated carbocycles. The fourth-order valence-corrected chi connectivity index (χ4v) is 3.54. The number of hydrogen-bond donors (Lipinski definition) is 2. The van der Waals surface area contributed by atoms with Crippen LogP contribution >= 0.6 is 0 Å². The van der Waals surface area contributed by atoms with E-state index in [2.05, 4.69) is 4.74 Å². The minimum absolute atomic E-state index is 0.0256. The monoisotopic (exact) mass is 377 g/mol. The molecule has 8 heteroatoms. The highest BCUT2D eigenvalue weighted by Gasteiger charge is 2.25. The Balaban J connectivity index is 1.66. The average molecular weight is 377 g/mol. The maximum absolute atomic E-state index is 13.1. The van der Waals surface area contributed by atoms with Gasteiger partial charge in [0.25, 0.3) is 5.91 Å². The van der Waals surface area contributed by atoms with Crippen LogP contribution in [0.3, 0.4) is 0 Å². The van der Waals surface area contributed by atoms with Crippen LogP contribution in [0.25, 0.3) is 0 Å². The van der Waals surface area contributed by atoms with Crippen molar-refractivity contribution < 1.29 is 23.8 Å². The number of anilines is 1. The van der Waals surface area contributed by atoms with Crippen molar-refractivity contribution >= 4 is 17.7 Å². The highest BCUT2D eigenvalue weighted by atomic mass is 19.1. The zero-order valence-corrected chi connectivity index (χ0v) is 15.1. The Morgan fingerprint density at radius 2 is 2.04 bits per heavy atom. The summed E-state index contributed by atoms with van der Waals surface area (Å²) in [5, 5.41) is 9.59. The van der Waals surface area contributed by atoms with Gasteiger partial charge < -0.3 is 25.4 Å². The molecular formula is C19H24FN3O4. The molecule has 0 aromatic heterocycles. The predicted octanol–water partition coefficient (Wildman–Crippen LogP) is 1.59. The Hall–Kier alpha value is -2.61. The zero-order valence-electron chi connectivity index (χ0n) is 15.1. The third kappa shape index (κ3) is 4.57. The third-order valence-corrected chi connectivity index (χ3v) is 5.02. The molecule has 27 heavy (non-hydrogen) atoms. The fourth-order valence-electron chi connectivity index (χ4n) is 3.54. The number of ether oxygens (including phenoxy) is 1. The smallest absolute Gasteiger partial charge is 0.404 e. The number of carbonyl (C=O) groups is 2. The van der Waals surface area contributed by atoms with Crippen molar-refractivity contribution in [1.82, 2.24) is 4.90 Å². The van der Waals surface area contributed by atoms with Gasteiger partial charge in [0.2, 0.25) is 0 Å². The topological polar surface area (TPSA) is 96.1 Å². The van der Waals surface area contributed by atoms with Crippen molar-refractivity contribution in [3.8, 4) is 0 Å². The number of benzene rings is 1. The van der Waals surface area contributed by atoms with Crippen LogP contribution in [0.2, 0.25) is 0 Å². The van der Waals surface area contributed by atoms with Gasteiger partial charge in [0, 0.05) is 43.0 Å². The molecule has 3 N–H and O–H groups in total. The molecule has 0 atom stereocenters. The first kappa shape index (κ1) is 19.2. The van der Waals surface area contributed by atoms with Crippen LogP contribution in [0.1, 0.15) is 28.8 Å². The molecule has 0 bridgehead atoms. The molecule has 2 aliphatic rings. The molecule has 1 aromatic rings. The normalized spacial score (nSPS) is 17.8. The summed E-state index contributed by atoms with van der Waals surface area (Å²) in [6.45, 7) is 1.92. The van der Waals surface area contributed by atoms with Crippen LogP contribution < -0.4 is 10.6 Å². The lowest BCUT2D eigenvalue weighted by molar-refractivity contribution is 0.0546. The standard InChI is InChI=1S/C19H24FN3O4/c20-10-13(12-27-19(21)26)11-23-6-3-14-9-15(1-2-17(14)23)18(25)22-7-4-16(24)5-8-22/h1-2,9-10,16,24H,3-8,11-12H2,(H2,21,26). The van der Waals surface area contributed by atoms with Crippen molar-refractivity contribution in [2.45, 2.75) is 25.4 Å². The third-order valence-electron chi connectivity index (χ3n) is 5.02. The van der Waals surface area contributed by atoms with E-state index in [1.807, 2.05) is 17.0 Å². The summed E-state index contributed by atoms with van der Waals surface area (Å²) < 4.78 is 17.7. The average Bonchev–Trinajstić information content (AvgIpc) is 3.07. The second kappa shape index (κ2) is 8.39. The molecular weight excluding hydrogens is 353 g/mol. The molecule has 2 heterocycles. The lowest BCUT2D eigenvalue weighted by atomic mass is 10.0. The quantitative estimate of drug-likeness (QED) is 0.812. The van der Waals surface area contributed by atoms with Crippen LogP contribution in [-0.4, -0.2) is 60.9 Å². The number of fused-ring (bicyclic) bond motifs is 1. The van der Waals surface area contributed by atoms with Gasteiger partial charge in [-0.2, -0.15) is 0 Å². The molecule has 1 saturated heterocycles. The largest absolute Gasteiger partial charge is 0.445 e. The Kier molecular flexibility index (Phi) is 5.95. The highest BCUT2D eigenvalue weighted by Crippen LogP contribution is 2.30. The highest BCUT2D eigenvalue weighted by molar-refractivity contribution is 5.95. The van der Waals surface area contributed by atoms with Crippen LogP contribution in [0.4, 0.5) is 14.9 Å². The molecule has 7 nitrogen and oxygen atoms in total. The van der Waals surface area contributed by atoms with E-state index in [9.17, 15) is 19.1 Å². The number of nitrogens with zero attached hydrogens (tertiary/aromatic N) is 2. The van der Waals surface area contributed by atoms with Gasteiger partial charge in [0.1, 0.15) is 6.61 Å². The Bertz CT molecular complexity index is 744. The van der Waals surface area contributed by atoms with E-state index in [0.717, 1.165) is 17.7 Å². The number of hydrogen-bond acceptors (Lipinski definition) is 5. The van der Waals surface area contributed by atoms with Gasteiger partial charge in [-0.3, -0.25) is 4.79 Å². The summed E-state index contributed by atoms with van der Waals surface area (Å²) in [5.41, 5.74) is 7.84. The SMILES string of the molecule is NC(=O)OCC(=CF)CN1CCc2cc(C(=O)N3CCC(O)CC3)ccc21. The van der Waals surface area contributed by atoms with E-state index < -0.39 is 6.09 Å². The number of rotatable bonds is 5. The maximum atomic E-state index is 13.1. The Morgan fingerprint density at radius 1 is 1.30 bits per heavy atom. The van der Waals surface area contributed by atoms with E-state index in [-0.39, 0.29) is 25.2 Å². The van der Waals surface area contributed by atoms with Crippen molar-refractivity contribution in [1.29, 1.82) is 0 Å². The number of amides is 2. The summed E-state index contributed by atoms with van der Waals surface area (Å²) in [6.07, 6.45) is 1.14. The summed E-state index contributed by atoms with van der Waals surface area (Å²) in [4.78, 5) is 27.1. The van der Waals surface area contributed by atoms with Gasteiger partial charge in [-0.25, -0.2) is 9.18 Å². The number of carbonyl (C=O) groups excluding carboxylic acids is 2. The van der Waals surface area contributed by atoms with Crippen molar-refractivity contribution in [3.63, 3.8) is 0 Å². The number of primary amides is 1. The van der Waals surface area contributed by atoms with Crippen molar-refractivity contribution in [3.05, 3.63) is 41.2 Å². The number of nitrogens with two attached hydrogens (primary N) is 1. The van der Waals surface area contributed by atoms with E-state index in [1.54, 1.807) is 11.0 Å². The second-order valence-electron chi connectivity index (χ2n) is 6.91. The molecule has 2 aliphatic heterocycles. The molecule has 0 unspecified atom stereocenters. The molecule has 0 spiro atoms. The van der Waals surface area contributed by atoms with Crippen LogP contribution in [0, 0.1) is 0 Å². The second-order valence-corrected chi connectivity index (χ2v) is 6.91. The fraction of sp³-hybridized carbons (Fsp3) is 0.474. The van der Waals surface area contributed by atoms with E-state index in [1.165, 1.54) is 0 Å². The molecule has 3 rings (SSSR count). The van der Waals surface area contributed by atoms with E-state index >= 15 is 0 Å². The van der Waals surface area contributed by atoms with Gasteiger partial charge in [0.05, 0.1) is 12.4 Å². The first-order valence-electron chi connectivity index (χ1n) is 9.03. The minimum atomic E-state index is -0.940. The first-order chi connectivity index (χ1) is 13.0. The van der Waals surface area contributed by atoms with Gasteiger partial charge in [-0.05, 0) is 43.0 Å². The van der Waals surface area contributed by atoms with Crippen LogP contribution in [0.5, 0.6) is 0 Å². The number of piperidine rings is 1. The van der Waals surface area contributed by atoms with Gasteiger partial charge >= 0.3 is 6.09 Å². The van der Waals surface area contributed by atoms with Crippen molar-refractivity contribution in [2.75, 3.05) is 37.7 Å². The first-order valence-corrected chi connectivity index (χ1v) is 9.03. The van der Waals surface area contributed by atoms with E-state index in [0.29, 0.717) is 49.9 Å². The van der Waals surface area contributed by atoms with Crippen molar-refractivity contribution in [2.24, 2.45) is 5.73 Å². The molecule has 146 valence electrons. The van der Waals surface area contributed by atoms with Gasteiger partial charge in [0.15, 0.2) is 0 Å². The summed E-state index contributed by atoms with van der Waals surface area (Å²) in [5.74, 6) is -0.0256. The lowest BCUT2D eigenvalue weighted by Gasteiger charge is -2.29. The summed E-state index contributed by atoms with van der Waals surface area (Å²) in [6, 6.07) is 5.55. The number of aliphatic hydroxyl groups is 1. The molecule has 1 aromatic carbocycles. The number of aliphatic hydroxyl groups excluding tert-OH is 1. The lowest BCUT2D eigenvalue weighted by Crippen LogP contribution is -2.40. The molecule has 0 aliphatic carbocycles. The molecule has 1 fully saturated rings. The van der Waals surface area contributed by atoms with Gasteiger partial charge in [-0.15, -0.1) is 0 Å². The molecule has 0 radical (unpaired) electrons. The van der Waals surface area contributed by atoms with Crippen LogP contribution in [0.15, 0.2) is 30.1 Å². The number of likely N-dealkylation sites (tertiary alicyclic amines) is 1. The molecule has 2 amide bonds. The van der Waals surface area contributed by atoms with E-state index in [4.69, 9.17) is 5.73 Å². The zero-order chi connectivity index (χ0) is 19.4.